The lowest BCUT2D eigenvalue weighted by molar-refractivity contribution is -0.143. The quantitative estimate of drug-likeness (QED) is 0.822. The predicted octanol–water partition coefficient (Wildman–Crippen LogP) is 2.85. The fourth-order valence-corrected chi connectivity index (χ4v) is 1.86. The van der Waals surface area contributed by atoms with Crippen LogP contribution in [-0.4, -0.2) is 16.6 Å². The molecule has 3 N–H and O–H groups in total. The summed E-state index contributed by atoms with van der Waals surface area (Å²) in [4.78, 5) is 11.2. The van der Waals surface area contributed by atoms with Crippen LogP contribution >= 0.6 is 11.6 Å². The Morgan fingerprint density at radius 1 is 1.41 bits per heavy atom. The van der Waals surface area contributed by atoms with E-state index < -0.39 is 11.5 Å². The summed E-state index contributed by atoms with van der Waals surface area (Å²) in [5, 5.41) is 9.86. The Kier molecular flexibility index (Phi) is 4.97. The van der Waals surface area contributed by atoms with Crippen LogP contribution in [0.15, 0.2) is 24.3 Å². The Morgan fingerprint density at radius 3 is 2.47 bits per heavy atom. The van der Waals surface area contributed by atoms with Gasteiger partial charge in [-0.2, -0.15) is 0 Å². The first-order valence-electron chi connectivity index (χ1n) is 5.74. The highest BCUT2D eigenvalue weighted by Crippen LogP contribution is 2.19. The molecule has 0 aliphatic carbocycles. The number of rotatable bonds is 6. The molecule has 1 unspecified atom stereocenters. The number of hydrogen-bond donors (Lipinski definition) is 2. The second-order valence-corrected chi connectivity index (χ2v) is 4.80. The Hall–Kier alpha value is -1.06. The van der Waals surface area contributed by atoms with Gasteiger partial charge in [-0.3, -0.25) is 4.79 Å². The highest BCUT2D eigenvalue weighted by Gasteiger charge is 2.33. The van der Waals surface area contributed by atoms with E-state index in [1.807, 2.05) is 19.1 Å². The summed E-state index contributed by atoms with van der Waals surface area (Å²) in [6.07, 6.45) is 2.57. The van der Waals surface area contributed by atoms with E-state index >= 15 is 0 Å². The predicted molar refractivity (Wildman–Crippen MR) is 69.2 cm³/mol. The third-order valence-corrected chi connectivity index (χ3v) is 3.09. The Labute approximate surface area is 107 Å². The highest BCUT2D eigenvalue weighted by molar-refractivity contribution is 6.30. The molecule has 0 aromatic heterocycles. The van der Waals surface area contributed by atoms with Gasteiger partial charge in [0, 0.05) is 11.4 Å². The van der Waals surface area contributed by atoms with Crippen LogP contribution in [0.4, 0.5) is 0 Å². The third kappa shape index (κ3) is 4.02. The number of halogens is 1. The molecule has 0 bridgehead atoms. The van der Waals surface area contributed by atoms with Gasteiger partial charge in [-0.25, -0.2) is 0 Å². The maximum Gasteiger partial charge on any atom is 0.324 e. The van der Waals surface area contributed by atoms with Gasteiger partial charge < -0.3 is 10.8 Å². The van der Waals surface area contributed by atoms with Crippen molar-refractivity contribution in [1.29, 1.82) is 0 Å². The van der Waals surface area contributed by atoms with Crippen LogP contribution in [0.2, 0.25) is 5.02 Å². The molecule has 0 aliphatic heterocycles. The number of aliphatic carboxylic acids is 1. The summed E-state index contributed by atoms with van der Waals surface area (Å²) in [6.45, 7) is 2.02. The molecule has 0 spiro atoms. The first-order chi connectivity index (χ1) is 7.98. The molecule has 0 saturated carbocycles. The van der Waals surface area contributed by atoms with Gasteiger partial charge in [0.1, 0.15) is 5.54 Å². The zero-order valence-corrected chi connectivity index (χ0v) is 10.7. The van der Waals surface area contributed by atoms with E-state index in [0.717, 1.165) is 18.4 Å². The van der Waals surface area contributed by atoms with E-state index in [2.05, 4.69) is 0 Å². The number of carboxylic acids is 1. The maximum absolute atomic E-state index is 11.2. The fraction of sp³-hybridized carbons (Fsp3) is 0.462. The molecular weight excluding hydrogens is 238 g/mol. The second-order valence-electron chi connectivity index (χ2n) is 4.37. The van der Waals surface area contributed by atoms with E-state index in [-0.39, 0.29) is 0 Å². The van der Waals surface area contributed by atoms with Crippen LogP contribution in [-0.2, 0) is 11.2 Å². The molecule has 94 valence electrons. The van der Waals surface area contributed by atoms with Crippen molar-refractivity contribution in [2.24, 2.45) is 5.73 Å². The van der Waals surface area contributed by atoms with Crippen LogP contribution in [0.25, 0.3) is 0 Å². The normalized spacial score (nSPS) is 14.3. The zero-order chi connectivity index (χ0) is 12.9. The van der Waals surface area contributed by atoms with Gasteiger partial charge in [-0.05, 0) is 24.1 Å². The van der Waals surface area contributed by atoms with Crippen LogP contribution in [0.5, 0.6) is 0 Å². The van der Waals surface area contributed by atoms with Gasteiger partial charge in [-0.15, -0.1) is 0 Å². The minimum absolute atomic E-state index is 0.333. The van der Waals surface area contributed by atoms with Gasteiger partial charge in [0.2, 0.25) is 0 Å². The van der Waals surface area contributed by atoms with Crippen molar-refractivity contribution in [3.05, 3.63) is 34.9 Å². The van der Waals surface area contributed by atoms with Crippen LogP contribution in [0.1, 0.15) is 31.7 Å². The van der Waals surface area contributed by atoms with Crippen molar-refractivity contribution in [2.75, 3.05) is 0 Å². The molecule has 0 radical (unpaired) electrons. The van der Waals surface area contributed by atoms with Crippen molar-refractivity contribution in [3.8, 4) is 0 Å². The summed E-state index contributed by atoms with van der Waals surface area (Å²) < 4.78 is 0. The molecule has 4 heteroatoms. The fourth-order valence-electron chi connectivity index (χ4n) is 1.73. The standard InChI is InChI=1S/C13H18ClNO2/c1-2-3-8-13(15,12(16)17)9-10-4-6-11(14)7-5-10/h4-7H,2-3,8-9,15H2,1H3,(H,16,17). The van der Waals surface area contributed by atoms with Crippen molar-refractivity contribution in [3.63, 3.8) is 0 Å². The molecule has 0 fully saturated rings. The van der Waals surface area contributed by atoms with Crippen LogP contribution in [0.3, 0.4) is 0 Å². The SMILES string of the molecule is CCCCC(N)(Cc1ccc(Cl)cc1)C(=O)O. The molecule has 1 rings (SSSR count). The van der Waals surface area contributed by atoms with E-state index in [9.17, 15) is 9.90 Å². The zero-order valence-electron chi connectivity index (χ0n) is 9.95. The van der Waals surface area contributed by atoms with Crippen LogP contribution in [0, 0.1) is 0 Å². The minimum Gasteiger partial charge on any atom is -0.480 e. The molecule has 17 heavy (non-hydrogen) atoms. The third-order valence-electron chi connectivity index (χ3n) is 2.84. The second kappa shape index (κ2) is 6.03. The molecule has 0 saturated heterocycles. The molecule has 1 aromatic rings. The Balaban J connectivity index is 2.79. The van der Waals surface area contributed by atoms with E-state index in [1.165, 1.54) is 0 Å². The average molecular weight is 256 g/mol. The Morgan fingerprint density at radius 2 is 2.00 bits per heavy atom. The minimum atomic E-state index is -1.18. The smallest absolute Gasteiger partial charge is 0.324 e. The summed E-state index contributed by atoms with van der Waals surface area (Å²) in [6, 6.07) is 7.13. The van der Waals surface area contributed by atoms with E-state index in [1.54, 1.807) is 12.1 Å². The summed E-state index contributed by atoms with van der Waals surface area (Å²) in [7, 11) is 0. The molecule has 1 aromatic carbocycles. The van der Waals surface area contributed by atoms with Gasteiger partial charge in [-0.1, -0.05) is 43.5 Å². The monoisotopic (exact) mass is 255 g/mol. The first kappa shape index (κ1) is 14.0. The average Bonchev–Trinajstić information content (AvgIpc) is 2.29. The number of benzene rings is 1. The molecule has 0 aliphatic rings. The molecule has 3 nitrogen and oxygen atoms in total. The lowest BCUT2D eigenvalue weighted by atomic mass is 9.87. The number of unbranched alkanes of at least 4 members (excludes halogenated alkanes) is 1. The summed E-state index contributed by atoms with van der Waals surface area (Å²) >= 11 is 5.78. The van der Waals surface area contributed by atoms with Crippen molar-refractivity contribution in [1.82, 2.24) is 0 Å². The maximum atomic E-state index is 11.2. The van der Waals surface area contributed by atoms with Gasteiger partial charge in [0.25, 0.3) is 0 Å². The number of hydrogen-bond acceptors (Lipinski definition) is 2. The van der Waals surface area contributed by atoms with Gasteiger partial charge in [0.05, 0.1) is 0 Å². The molecule has 1 atom stereocenters. The highest BCUT2D eigenvalue weighted by atomic mass is 35.5. The lowest BCUT2D eigenvalue weighted by Crippen LogP contribution is -2.49. The summed E-state index contributed by atoms with van der Waals surface area (Å²) in [5.41, 5.74) is 5.69. The van der Waals surface area contributed by atoms with Gasteiger partial charge >= 0.3 is 5.97 Å². The summed E-state index contributed by atoms with van der Waals surface area (Å²) in [5.74, 6) is -0.944. The van der Waals surface area contributed by atoms with Crippen molar-refractivity contribution in [2.45, 2.75) is 38.1 Å². The topological polar surface area (TPSA) is 63.3 Å². The number of nitrogens with two attached hydrogens (primary N) is 1. The van der Waals surface area contributed by atoms with Crippen molar-refractivity contribution < 1.29 is 9.90 Å². The van der Waals surface area contributed by atoms with Crippen LogP contribution < -0.4 is 5.73 Å². The van der Waals surface area contributed by atoms with Crippen molar-refractivity contribution >= 4 is 17.6 Å². The largest absolute Gasteiger partial charge is 0.480 e. The lowest BCUT2D eigenvalue weighted by Gasteiger charge is -2.24. The van der Waals surface area contributed by atoms with E-state index in [4.69, 9.17) is 17.3 Å². The Bertz CT molecular complexity index is 378. The molecule has 0 amide bonds. The van der Waals surface area contributed by atoms with Gasteiger partial charge in [0.15, 0.2) is 0 Å². The van der Waals surface area contributed by atoms with E-state index in [0.29, 0.717) is 17.9 Å². The number of carboxylic acid groups (broad SMARTS) is 1. The molecule has 0 heterocycles. The first-order valence-corrected chi connectivity index (χ1v) is 6.12. The number of carbonyl (C=O) groups is 1. The molecular formula is C13H18ClNO2.